The van der Waals surface area contributed by atoms with Gasteiger partial charge < -0.3 is 4.84 Å². The minimum Gasteiger partial charge on any atom is -0.373 e. The number of carbonyl (C=O) groups excluding carboxylic acids is 1. The first-order valence-corrected chi connectivity index (χ1v) is 3.74. The fourth-order valence-electron chi connectivity index (χ4n) is 0.811. The van der Waals surface area contributed by atoms with E-state index in [4.69, 9.17) is 11.6 Å². The van der Waals surface area contributed by atoms with Crippen molar-refractivity contribution in [2.75, 3.05) is 0 Å². The van der Waals surface area contributed by atoms with E-state index in [1.165, 1.54) is 0 Å². The minimum atomic E-state index is -0.461. The van der Waals surface area contributed by atoms with Gasteiger partial charge in [0.15, 0.2) is 0 Å². The Balaban J connectivity index is 2.64. The Labute approximate surface area is 75.0 Å². The van der Waals surface area contributed by atoms with Gasteiger partial charge in [-0.05, 0) is 17.7 Å². The summed E-state index contributed by atoms with van der Waals surface area (Å²) >= 11 is 5.64. The van der Waals surface area contributed by atoms with E-state index in [0.717, 1.165) is 5.56 Å². The summed E-state index contributed by atoms with van der Waals surface area (Å²) in [5.41, 5.74) is 0.829. The highest BCUT2D eigenvalue weighted by atomic mass is 35.5. The van der Waals surface area contributed by atoms with Crippen molar-refractivity contribution in [1.29, 1.82) is 0 Å². The minimum absolute atomic E-state index is 0.174. The van der Waals surface area contributed by atoms with Crippen molar-refractivity contribution in [3.63, 3.8) is 0 Å². The van der Waals surface area contributed by atoms with E-state index in [-0.39, 0.29) is 6.42 Å². The maximum atomic E-state index is 10.7. The Kier molecular flexibility index (Phi) is 3.08. The predicted molar refractivity (Wildman–Crippen MR) is 45.4 cm³/mol. The van der Waals surface area contributed by atoms with Gasteiger partial charge in [-0.1, -0.05) is 23.7 Å². The number of hydrogen-bond donors (Lipinski definition) is 1. The van der Waals surface area contributed by atoms with Gasteiger partial charge in [0.05, 0.1) is 6.42 Å². The second-order valence-electron chi connectivity index (χ2n) is 2.29. The monoisotopic (exact) mass is 185 g/mol. The van der Waals surface area contributed by atoms with Gasteiger partial charge in [-0.25, -0.2) is 0 Å². The number of carbonyl (C=O) groups is 1. The molecule has 4 heteroatoms. The zero-order valence-electron chi connectivity index (χ0n) is 6.29. The van der Waals surface area contributed by atoms with E-state index in [9.17, 15) is 4.79 Å². The number of nitrogens with two attached hydrogens (primary N) is 1. The van der Waals surface area contributed by atoms with Crippen LogP contribution in [0.1, 0.15) is 5.56 Å². The fourth-order valence-corrected chi connectivity index (χ4v) is 0.937. The first-order chi connectivity index (χ1) is 5.72. The second kappa shape index (κ2) is 4.09. The molecule has 1 aromatic rings. The summed E-state index contributed by atoms with van der Waals surface area (Å²) in [5, 5.41) is 0.639. The van der Waals surface area contributed by atoms with Crippen molar-refractivity contribution in [2.24, 2.45) is 5.90 Å². The zero-order chi connectivity index (χ0) is 8.97. The molecular formula is C8H8ClNO2. The fraction of sp³-hybridized carbons (Fsp3) is 0.125. The molecule has 0 radical (unpaired) electrons. The molecule has 64 valence electrons. The maximum absolute atomic E-state index is 10.7. The van der Waals surface area contributed by atoms with Gasteiger partial charge in [0.25, 0.3) is 0 Å². The van der Waals surface area contributed by atoms with E-state index in [1.54, 1.807) is 24.3 Å². The molecule has 0 amide bonds. The van der Waals surface area contributed by atoms with E-state index in [2.05, 4.69) is 10.7 Å². The quantitative estimate of drug-likeness (QED) is 0.707. The largest absolute Gasteiger partial charge is 0.373 e. The zero-order valence-corrected chi connectivity index (χ0v) is 7.04. The van der Waals surface area contributed by atoms with Crippen molar-refractivity contribution in [3.05, 3.63) is 34.9 Å². The van der Waals surface area contributed by atoms with Crippen molar-refractivity contribution in [2.45, 2.75) is 6.42 Å². The van der Waals surface area contributed by atoms with Crippen LogP contribution in [0.5, 0.6) is 0 Å². The average Bonchev–Trinajstić information content (AvgIpc) is 2.09. The summed E-state index contributed by atoms with van der Waals surface area (Å²) in [6.07, 6.45) is 0.174. The molecule has 0 aliphatic carbocycles. The molecule has 1 rings (SSSR count). The topological polar surface area (TPSA) is 52.3 Å². The van der Waals surface area contributed by atoms with E-state index in [0.29, 0.717) is 5.02 Å². The van der Waals surface area contributed by atoms with Gasteiger partial charge in [0.1, 0.15) is 0 Å². The summed E-state index contributed by atoms with van der Waals surface area (Å²) in [6, 6.07) is 6.92. The van der Waals surface area contributed by atoms with Crippen LogP contribution in [-0.2, 0) is 16.1 Å². The Hall–Kier alpha value is -1.06. The lowest BCUT2D eigenvalue weighted by atomic mass is 10.2. The summed E-state index contributed by atoms with van der Waals surface area (Å²) in [5.74, 6) is 4.21. The first-order valence-electron chi connectivity index (χ1n) is 3.36. The van der Waals surface area contributed by atoms with Crippen molar-refractivity contribution >= 4 is 17.6 Å². The third-order valence-electron chi connectivity index (χ3n) is 1.39. The molecule has 0 heterocycles. The van der Waals surface area contributed by atoms with Crippen molar-refractivity contribution in [3.8, 4) is 0 Å². The molecule has 0 fully saturated rings. The molecule has 0 spiro atoms. The Morgan fingerprint density at radius 2 is 2.00 bits per heavy atom. The van der Waals surface area contributed by atoms with E-state index < -0.39 is 5.97 Å². The molecule has 0 saturated carbocycles. The lowest BCUT2D eigenvalue weighted by Gasteiger charge is -1.98. The van der Waals surface area contributed by atoms with Crippen LogP contribution in [-0.4, -0.2) is 5.97 Å². The third-order valence-corrected chi connectivity index (χ3v) is 1.65. The lowest BCUT2D eigenvalue weighted by Crippen LogP contribution is -2.12. The molecule has 0 saturated heterocycles. The number of rotatable bonds is 2. The lowest BCUT2D eigenvalue weighted by molar-refractivity contribution is -0.143. The van der Waals surface area contributed by atoms with Crippen LogP contribution in [0.4, 0.5) is 0 Å². The summed E-state index contributed by atoms with van der Waals surface area (Å²) in [4.78, 5) is 14.7. The van der Waals surface area contributed by atoms with E-state index >= 15 is 0 Å². The second-order valence-corrected chi connectivity index (χ2v) is 2.73. The van der Waals surface area contributed by atoms with Crippen LogP contribution in [0.3, 0.4) is 0 Å². The summed E-state index contributed by atoms with van der Waals surface area (Å²) < 4.78 is 0. The Bertz CT molecular complexity index is 271. The third kappa shape index (κ3) is 2.53. The van der Waals surface area contributed by atoms with Crippen molar-refractivity contribution < 1.29 is 9.63 Å². The highest BCUT2D eigenvalue weighted by Crippen LogP contribution is 2.09. The number of benzene rings is 1. The van der Waals surface area contributed by atoms with Gasteiger partial charge in [0, 0.05) is 5.02 Å². The van der Waals surface area contributed by atoms with Crippen LogP contribution in [0.15, 0.2) is 24.3 Å². The molecule has 0 aliphatic rings. The molecule has 2 N–H and O–H groups in total. The molecule has 0 aromatic heterocycles. The smallest absolute Gasteiger partial charge is 0.328 e. The highest BCUT2D eigenvalue weighted by Gasteiger charge is 2.01. The van der Waals surface area contributed by atoms with Gasteiger partial charge in [-0.3, -0.25) is 4.79 Å². The van der Waals surface area contributed by atoms with E-state index in [1.807, 2.05) is 0 Å². The SMILES string of the molecule is NOC(=O)Cc1ccc(Cl)cc1. The predicted octanol–water partition coefficient (Wildman–Crippen LogP) is 1.30. The number of halogens is 1. The first kappa shape index (κ1) is 9.03. The van der Waals surface area contributed by atoms with Gasteiger partial charge in [0.2, 0.25) is 0 Å². The molecule has 0 unspecified atom stereocenters. The van der Waals surface area contributed by atoms with Gasteiger partial charge >= 0.3 is 5.97 Å². The molecule has 0 aliphatic heterocycles. The Morgan fingerprint density at radius 3 is 2.50 bits per heavy atom. The molecule has 0 atom stereocenters. The van der Waals surface area contributed by atoms with Gasteiger partial charge in [-0.15, -0.1) is 0 Å². The molecule has 0 bridgehead atoms. The van der Waals surface area contributed by atoms with Crippen LogP contribution in [0, 0.1) is 0 Å². The normalized spacial score (nSPS) is 9.50. The maximum Gasteiger partial charge on any atom is 0.328 e. The van der Waals surface area contributed by atoms with Crippen LogP contribution in [0.2, 0.25) is 5.02 Å². The highest BCUT2D eigenvalue weighted by molar-refractivity contribution is 6.30. The number of hydrogen-bond acceptors (Lipinski definition) is 3. The summed E-state index contributed by atoms with van der Waals surface area (Å²) in [6.45, 7) is 0. The van der Waals surface area contributed by atoms with Crippen LogP contribution in [0.25, 0.3) is 0 Å². The standard InChI is InChI=1S/C8H8ClNO2/c9-7-3-1-6(2-4-7)5-8(11)12-10/h1-4H,5,10H2. The Morgan fingerprint density at radius 1 is 1.42 bits per heavy atom. The molecular weight excluding hydrogens is 178 g/mol. The van der Waals surface area contributed by atoms with Crippen molar-refractivity contribution in [1.82, 2.24) is 0 Å². The van der Waals surface area contributed by atoms with Crippen LogP contribution >= 0.6 is 11.6 Å². The molecule has 1 aromatic carbocycles. The van der Waals surface area contributed by atoms with Gasteiger partial charge in [-0.2, -0.15) is 5.90 Å². The average molecular weight is 186 g/mol. The molecule has 12 heavy (non-hydrogen) atoms. The summed E-state index contributed by atoms with van der Waals surface area (Å²) in [7, 11) is 0. The van der Waals surface area contributed by atoms with Crippen LogP contribution < -0.4 is 5.90 Å². The molecule has 3 nitrogen and oxygen atoms in total.